The Morgan fingerprint density at radius 1 is 0.556 bits per heavy atom. The van der Waals surface area contributed by atoms with Gasteiger partial charge in [-0.15, -0.1) is 0 Å². The van der Waals surface area contributed by atoms with Gasteiger partial charge < -0.3 is 33.5 Å². The lowest BCUT2D eigenvalue weighted by atomic mass is 9.97. The summed E-state index contributed by atoms with van der Waals surface area (Å²) in [7, 11) is 1.62. The van der Waals surface area contributed by atoms with E-state index in [4.69, 9.17) is 28.4 Å². The normalized spacial score (nSPS) is 21.4. The maximum absolute atomic E-state index is 10.6. The largest absolute Gasteiger partial charge is 0.497 e. The minimum atomic E-state index is -0.888. The molecule has 1 N–H and O–H groups in total. The molecule has 0 bridgehead atoms. The number of aliphatic hydroxyl groups is 1. The molecular formula is C38H38O7. The molecule has 0 spiro atoms. The lowest BCUT2D eigenvalue weighted by Gasteiger charge is -2.45. The van der Waals surface area contributed by atoms with Crippen molar-refractivity contribution in [2.24, 2.45) is 0 Å². The predicted molar refractivity (Wildman–Crippen MR) is 172 cm³/mol. The standard InChI is InChI=1S/C38H38O7/c1-40-32-18-20-33(21-19-32)44-38-37(43-25-28-12-6-3-7-13-28)36(42-24-27-10-4-2-5-11-27)35(34(23-39)45-38)41-26-29-16-17-30-14-8-9-15-31(30)22-29/h2-22,34-39H,23-26H2,1H3/t34-,35+,36+,37-,38-/m1/s1. The van der Waals surface area contributed by atoms with Crippen LogP contribution in [0.4, 0.5) is 0 Å². The first-order chi connectivity index (χ1) is 22.2. The van der Waals surface area contributed by atoms with E-state index in [1.807, 2.05) is 97.1 Å². The predicted octanol–water partition coefficient (Wildman–Crippen LogP) is 6.70. The monoisotopic (exact) mass is 606 g/mol. The van der Waals surface area contributed by atoms with Crippen molar-refractivity contribution in [3.63, 3.8) is 0 Å². The molecular weight excluding hydrogens is 568 g/mol. The molecule has 7 heteroatoms. The number of hydrogen-bond donors (Lipinski definition) is 1. The van der Waals surface area contributed by atoms with Crippen LogP contribution in [0.3, 0.4) is 0 Å². The van der Waals surface area contributed by atoms with Crippen molar-refractivity contribution in [2.45, 2.75) is 50.5 Å². The van der Waals surface area contributed by atoms with Crippen LogP contribution in [-0.2, 0) is 38.8 Å². The van der Waals surface area contributed by atoms with Gasteiger partial charge >= 0.3 is 0 Å². The van der Waals surface area contributed by atoms with E-state index in [1.165, 1.54) is 0 Å². The molecule has 1 fully saturated rings. The maximum Gasteiger partial charge on any atom is 0.229 e. The molecule has 0 radical (unpaired) electrons. The summed E-state index contributed by atoms with van der Waals surface area (Å²) < 4.78 is 37.9. The molecule has 0 amide bonds. The number of rotatable bonds is 13. The highest BCUT2D eigenvalue weighted by molar-refractivity contribution is 5.82. The van der Waals surface area contributed by atoms with E-state index in [0.717, 1.165) is 27.5 Å². The van der Waals surface area contributed by atoms with Crippen LogP contribution in [0.25, 0.3) is 10.8 Å². The second kappa shape index (κ2) is 15.2. The Bertz CT molecular complexity index is 1610. The molecule has 1 heterocycles. The Morgan fingerprint density at radius 2 is 1.11 bits per heavy atom. The van der Waals surface area contributed by atoms with Crippen LogP contribution in [0.15, 0.2) is 127 Å². The van der Waals surface area contributed by atoms with Gasteiger partial charge in [0.05, 0.1) is 33.5 Å². The number of hydrogen-bond acceptors (Lipinski definition) is 7. The summed E-state index contributed by atoms with van der Waals surface area (Å²) in [5.74, 6) is 1.28. The van der Waals surface area contributed by atoms with Crippen molar-refractivity contribution < 1.29 is 33.5 Å². The van der Waals surface area contributed by atoms with Gasteiger partial charge in [0.1, 0.15) is 35.9 Å². The summed E-state index contributed by atoms with van der Waals surface area (Å²) in [5.41, 5.74) is 3.01. The SMILES string of the molecule is COc1ccc(O[C@@H]2O[C@H](CO)[C@H](OCc3ccc4ccccc4c3)[C@H](OCc3ccccc3)[C@H]2OCc2ccccc2)cc1. The smallest absolute Gasteiger partial charge is 0.229 e. The molecule has 7 nitrogen and oxygen atoms in total. The Hall–Kier alpha value is -4.24. The average molecular weight is 607 g/mol. The molecule has 5 aromatic rings. The Labute approximate surface area is 263 Å². The fraction of sp³-hybridized carbons (Fsp3) is 0.263. The second-order valence-electron chi connectivity index (χ2n) is 11.0. The molecule has 232 valence electrons. The molecule has 5 aromatic carbocycles. The Morgan fingerprint density at radius 3 is 1.76 bits per heavy atom. The van der Waals surface area contributed by atoms with Crippen LogP contribution in [0.1, 0.15) is 16.7 Å². The van der Waals surface area contributed by atoms with Crippen molar-refractivity contribution in [1.82, 2.24) is 0 Å². The zero-order chi connectivity index (χ0) is 30.8. The van der Waals surface area contributed by atoms with Gasteiger partial charge in [0.15, 0.2) is 0 Å². The van der Waals surface area contributed by atoms with Gasteiger partial charge in [-0.3, -0.25) is 0 Å². The highest BCUT2D eigenvalue weighted by Gasteiger charge is 2.49. The van der Waals surface area contributed by atoms with Gasteiger partial charge in [-0.2, -0.15) is 0 Å². The van der Waals surface area contributed by atoms with E-state index in [0.29, 0.717) is 31.3 Å². The second-order valence-corrected chi connectivity index (χ2v) is 11.0. The molecule has 1 aliphatic rings. The van der Waals surface area contributed by atoms with E-state index in [1.54, 1.807) is 7.11 Å². The van der Waals surface area contributed by atoms with Crippen LogP contribution in [0.2, 0.25) is 0 Å². The van der Waals surface area contributed by atoms with E-state index >= 15 is 0 Å². The maximum atomic E-state index is 10.6. The summed E-state index contributed by atoms with van der Waals surface area (Å²) in [6, 6.07) is 41.6. The molecule has 5 atom stereocenters. The molecule has 1 aliphatic heterocycles. The van der Waals surface area contributed by atoms with Gasteiger partial charge in [0.25, 0.3) is 0 Å². The molecule has 0 aromatic heterocycles. The minimum absolute atomic E-state index is 0.290. The van der Waals surface area contributed by atoms with E-state index < -0.39 is 30.7 Å². The lowest BCUT2D eigenvalue weighted by molar-refractivity contribution is -0.308. The zero-order valence-corrected chi connectivity index (χ0v) is 25.2. The number of methoxy groups -OCH3 is 1. The number of ether oxygens (including phenoxy) is 6. The molecule has 0 saturated carbocycles. The first-order valence-corrected chi connectivity index (χ1v) is 15.2. The van der Waals surface area contributed by atoms with Gasteiger partial charge in [0.2, 0.25) is 6.29 Å². The highest BCUT2D eigenvalue weighted by atomic mass is 16.7. The summed E-state index contributed by atoms with van der Waals surface area (Å²) in [5, 5.41) is 12.9. The summed E-state index contributed by atoms with van der Waals surface area (Å²) in [6.45, 7) is 0.640. The van der Waals surface area contributed by atoms with Gasteiger partial charge in [-0.1, -0.05) is 97.1 Å². The van der Waals surface area contributed by atoms with Crippen LogP contribution < -0.4 is 9.47 Å². The molecule has 0 aliphatic carbocycles. The van der Waals surface area contributed by atoms with Gasteiger partial charge in [-0.05, 0) is 57.8 Å². The minimum Gasteiger partial charge on any atom is -0.497 e. The topological polar surface area (TPSA) is 75.6 Å². The van der Waals surface area contributed by atoms with Crippen molar-refractivity contribution in [3.05, 3.63) is 144 Å². The first-order valence-electron chi connectivity index (χ1n) is 15.2. The van der Waals surface area contributed by atoms with Crippen LogP contribution in [0, 0.1) is 0 Å². The summed E-state index contributed by atoms with van der Waals surface area (Å²) in [4.78, 5) is 0. The third kappa shape index (κ3) is 7.89. The third-order valence-corrected chi connectivity index (χ3v) is 7.91. The van der Waals surface area contributed by atoms with E-state index in [9.17, 15) is 5.11 Å². The first kappa shape index (κ1) is 30.8. The highest BCUT2D eigenvalue weighted by Crippen LogP contribution is 2.32. The van der Waals surface area contributed by atoms with Crippen molar-refractivity contribution >= 4 is 10.8 Å². The Balaban J connectivity index is 1.30. The van der Waals surface area contributed by atoms with Gasteiger partial charge in [0, 0.05) is 0 Å². The van der Waals surface area contributed by atoms with Crippen LogP contribution in [-0.4, -0.2) is 49.5 Å². The molecule has 1 saturated heterocycles. The molecule has 0 unspecified atom stereocenters. The van der Waals surface area contributed by atoms with Crippen molar-refractivity contribution in [2.75, 3.05) is 13.7 Å². The van der Waals surface area contributed by atoms with E-state index in [2.05, 4.69) is 30.3 Å². The third-order valence-electron chi connectivity index (χ3n) is 7.91. The van der Waals surface area contributed by atoms with Crippen molar-refractivity contribution in [3.8, 4) is 11.5 Å². The van der Waals surface area contributed by atoms with Crippen LogP contribution in [0.5, 0.6) is 11.5 Å². The molecule has 6 rings (SSSR count). The quantitative estimate of drug-likeness (QED) is 0.160. The summed E-state index contributed by atoms with van der Waals surface area (Å²) >= 11 is 0. The van der Waals surface area contributed by atoms with E-state index in [-0.39, 0.29) is 6.61 Å². The van der Waals surface area contributed by atoms with Gasteiger partial charge in [-0.25, -0.2) is 0 Å². The summed E-state index contributed by atoms with van der Waals surface area (Å²) in [6.07, 6.45) is -3.60. The Kier molecular flexibility index (Phi) is 10.4. The fourth-order valence-corrected chi connectivity index (χ4v) is 5.53. The zero-order valence-electron chi connectivity index (χ0n) is 25.2. The van der Waals surface area contributed by atoms with Crippen LogP contribution >= 0.6 is 0 Å². The number of aliphatic hydroxyl groups excluding tert-OH is 1. The fourth-order valence-electron chi connectivity index (χ4n) is 5.53. The average Bonchev–Trinajstić information content (AvgIpc) is 3.10. The lowest BCUT2D eigenvalue weighted by Crippen LogP contribution is -2.62. The van der Waals surface area contributed by atoms with Crippen molar-refractivity contribution in [1.29, 1.82) is 0 Å². The molecule has 45 heavy (non-hydrogen) atoms. The number of benzene rings is 5. The number of fused-ring (bicyclic) bond motifs is 1.